The van der Waals surface area contributed by atoms with Crippen LogP contribution in [0.1, 0.15) is 13.3 Å². The van der Waals surface area contributed by atoms with E-state index in [1.54, 1.807) is 0 Å². The Hall–Kier alpha value is -0.420. The summed E-state index contributed by atoms with van der Waals surface area (Å²) in [7, 11) is -3.37. The van der Waals surface area contributed by atoms with Gasteiger partial charge in [0.1, 0.15) is 5.78 Å². The summed E-state index contributed by atoms with van der Waals surface area (Å²) in [6, 6.07) is 0. The predicted molar refractivity (Wildman–Crippen MR) is 36.1 cm³/mol. The Balaban J connectivity index is 3.49. The number of hydrogen-bond donors (Lipinski definition) is 0. The van der Waals surface area contributed by atoms with Gasteiger partial charge in [0.25, 0.3) is 10.1 Å². The Bertz CT molecular complexity index is 204. The van der Waals surface area contributed by atoms with Gasteiger partial charge in [-0.1, -0.05) is 0 Å². The number of rotatable bonds is 4. The molecule has 0 spiro atoms. The number of hydrogen-bond acceptors (Lipinski definition) is 4. The lowest BCUT2D eigenvalue weighted by Crippen LogP contribution is -2.06. The molecule has 0 saturated heterocycles. The van der Waals surface area contributed by atoms with Crippen molar-refractivity contribution in [1.29, 1.82) is 0 Å². The summed E-state index contributed by atoms with van der Waals surface area (Å²) in [5.41, 5.74) is 0. The van der Waals surface area contributed by atoms with Gasteiger partial charge >= 0.3 is 0 Å². The van der Waals surface area contributed by atoms with Gasteiger partial charge in [-0.3, -0.25) is 8.98 Å². The fraction of sp³-hybridized carbons (Fsp3) is 0.800. The van der Waals surface area contributed by atoms with Crippen LogP contribution in [0.2, 0.25) is 0 Å². The molecule has 0 radical (unpaired) electrons. The molecule has 0 amide bonds. The summed E-state index contributed by atoms with van der Waals surface area (Å²) >= 11 is 0. The van der Waals surface area contributed by atoms with Crippen molar-refractivity contribution in [1.82, 2.24) is 0 Å². The molecule has 0 heterocycles. The zero-order valence-electron chi connectivity index (χ0n) is 5.96. The second kappa shape index (κ2) is 3.68. The largest absolute Gasteiger partial charge is 0.300 e. The van der Waals surface area contributed by atoms with Crippen LogP contribution < -0.4 is 0 Å². The normalized spacial score (nSPS) is 11.4. The third kappa shape index (κ3) is 7.58. The molecule has 0 atom stereocenters. The van der Waals surface area contributed by atoms with Crippen LogP contribution in [0, 0.1) is 0 Å². The van der Waals surface area contributed by atoms with Crippen LogP contribution in [0.4, 0.5) is 0 Å². The van der Waals surface area contributed by atoms with Crippen LogP contribution >= 0.6 is 0 Å². The molecule has 0 saturated carbocycles. The van der Waals surface area contributed by atoms with Gasteiger partial charge in [0.2, 0.25) is 0 Å². The van der Waals surface area contributed by atoms with E-state index in [1.807, 2.05) is 0 Å². The van der Waals surface area contributed by atoms with Crippen molar-refractivity contribution in [2.45, 2.75) is 13.3 Å². The molecular weight excluding hydrogens is 156 g/mol. The monoisotopic (exact) mass is 166 g/mol. The molecule has 10 heavy (non-hydrogen) atoms. The SMILES string of the molecule is CC(=O)CCOS(C)(=O)=O. The quantitative estimate of drug-likeness (QED) is 0.549. The molecule has 0 aromatic heterocycles. The molecule has 0 N–H and O–H groups in total. The second-order valence-electron chi connectivity index (χ2n) is 1.98. The average molecular weight is 166 g/mol. The maximum Gasteiger partial charge on any atom is 0.264 e. The highest BCUT2D eigenvalue weighted by molar-refractivity contribution is 7.85. The summed E-state index contributed by atoms with van der Waals surface area (Å²) < 4.78 is 24.8. The fourth-order valence-corrected chi connectivity index (χ4v) is 0.723. The van der Waals surface area contributed by atoms with Crippen molar-refractivity contribution in [2.75, 3.05) is 12.9 Å². The number of Topliss-reactive ketones (excluding diaryl/α,β-unsaturated/α-hetero) is 1. The molecule has 60 valence electrons. The molecule has 0 fully saturated rings. The zero-order chi connectivity index (χ0) is 8.20. The minimum absolute atomic E-state index is 0.0475. The second-order valence-corrected chi connectivity index (χ2v) is 3.62. The van der Waals surface area contributed by atoms with Crippen LogP contribution in [-0.2, 0) is 19.1 Å². The molecule has 4 nitrogen and oxygen atoms in total. The summed E-state index contributed by atoms with van der Waals surface area (Å²) in [6.07, 6.45) is 1.10. The number of carbonyl (C=O) groups excluding carboxylic acids is 1. The average Bonchev–Trinajstić information content (AvgIpc) is 1.59. The van der Waals surface area contributed by atoms with Gasteiger partial charge in [-0.2, -0.15) is 8.42 Å². The highest BCUT2D eigenvalue weighted by Crippen LogP contribution is 1.89. The van der Waals surface area contributed by atoms with Gasteiger partial charge in [0.15, 0.2) is 0 Å². The molecule has 0 rings (SSSR count). The van der Waals surface area contributed by atoms with E-state index in [2.05, 4.69) is 4.18 Å². The number of carbonyl (C=O) groups is 1. The topological polar surface area (TPSA) is 60.4 Å². The minimum Gasteiger partial charge on any atom is -0.300 e. The maximum absolute atomic E-state index is 10.3. The van der Waals surface area contributed by atoms with Crippen molar-refractivity contribution in [3.8, 4) is 0 Å². The summed E-state index contributed by atoms with van der Waals surface area (Å²) in [5, 5.41) is 0. The van der Waals surface area contributed by atoms with Gasteiger partial charge in [-0.25, -0.2) is 0 Å². The third-order valence-corrected chi connectivity index (χ3v) is 1.35. The summed E-state index contributed by atoms with van der Waals surface area (Å²) in [6.45, 7) is 1.33. The lowest BCUT2D eigenvalue weighted by atomic mass is 10.3. The van der Waals surface area contributed by atoms with Crippen LogP contribution in [0.15, 0.2) is 0 Å². The van der Waals surface area contributed by atoms with E-state index in [9.17, 15) is 13.2 Å². The first-order valence-corrected chi connectivity index (χ1v) is 4.57. The van der Waals surface area contributed by atoms with E-state index in [0.717, 1.165) is 6.26 Å². The first kappa shape index (κ1) is 9.58. The fourth-order valence-electron chi connectivity index (χ4n) is 0.337. The van der Waals surface area contributed by atoms with Gasteiger partial charge in [0, 0.05) is 6.42 Å². The molecule has 5 heteroatoms. The van der Waals surface area contributed by atoms with Crippen molar-refractivity contribution >= 4 is 15.9 Å². The Morgan fingerprint density at radius 3 is 2.30 bits per heavy atom. The van der Waals surface area contributed by atoms with Crippen LogP contribution in [-0.4, -0.2) is 27.1 Å². The highest BCUT2D eigenvalue weighted by atomic mass is 32.2. The van der Waals surface area contributed by atoms with E-state index >= 15 is 0 Å². The van der Waals surface area contributed by atoms with Crippen molar-refractivity contribution in [2.24, 2.45) is 0 Å². The van der Waals surface area contributed by atoms with Crippen LogP contribution in [0.3, 0.4) is 0 Å². The van der Waals surface area contributed by atoms with Gasteiger partial charge in [-0.15, -0.1) is 0 Å². The smallest absolute Gasteiger partial charge is 0.264 e. The minimum atomic E-state index is -3.37. The van der Waals surface area contributed by atoms with Crippen molar-refractivity contribution in [3.05, 3.63) is 0 Å². The van der Waals surface area contributed by atoms with Crippen LogP contribution in [0.5, 0.6) is 0 Å². The summed E-state index contributed by atoms with van der Waals surface area (Å²) in [4.78, 5) is 10.3. The van der Waals surface area contributed by atoms with Gasteiger partial charge in [-0.05, 0) is 6.92 Å². The Labute approximate surface area is 60.3 Å². The molecular formula is C5H10O4S. The lowest BCUT2D eigenvalue weighted by molar-refractivity contribution is -0.117. The summed E-state index contributed by atoms with van der Waals surface area (Å²) in [5.74, 6) is -0.0800. The molecule has 0 aliphatic heterocycles. The van der Waals surface area contributed by atoms with Crippen LogP contribution in [0.25, 0.3) is 0 Å². The van der Waals surface area contributed by atoms with E-state index in [-0.39, 0.29) is 18.8 Å². The highest BCUT2D eigenvalue weighted by Gasteiger charge is 2.01. The van der Waals surface area contributed by atoms with E-state index in [1.165, 1.54) is 6.92 Å². The van der Waals surface area contributed by atoms with Crippen molar-refractivity contribution < 1.29 is 17.4 Å². The standard InChI is InChI=1S/C5H10O4S/c1-5(6)3-4-9-10(2,7)8/h3-4H2,1-2H3. The van der Waals surface area contributed by atoms with Gasteiger partial charge < -0.3 is 0 Å². The molecule has 0 bridgehead atoms. The third-order valence-electron chi connectivity index (χ3n) is 0.752. The molecule has 0 unspecified atom stereocenters. The molecule has 0 aliphatic rings. The molecule has 0 aromatic rings. The van der Waals surface area contributed by atoms with E-state index in [4.69, 9.17) is 0 Å². The van der Waals surface area contributed by atoms with E-state index < -0.39 is 10.1 Å². The Kier molecular flexibility index (Phi) is 3.52. The van der Waals surface area contributed by atoms with E-state index in [0.29, 0.717) is 0 Å². The lowest BCUT2D eigenvalue weighted by Gasteiger charge is -1.96. The first-order chi connectivity index (χ1) is 4.42. The Morgan fingerprint density at radius 1 is 1.50 bits per heavy atom. The Morgan fingerprint density at radius 2 is 2.00 bits per heavy atom. The zero-order valence-corrected chi connectivity index (χ0v) is 6.77. The predicted octanol–water partition coefficient (Wildman–Crippen LogP) is -0.0583. The first-order valence-electron chi connectivity index (χ1n) is 2.75. The number of ketones is 1. The molecule has 0 aromatic carbocycles. The maximum atomic E-state index is 10.3. The van der Waals surface area contributed by atoms with Gasteiger partial charge in [0.05, 0.1) is 12.9 Å². The van der Waals surface area contributed by atoms with Crippen molar-refractivity contribution in [3.63, 3.8) is 0 Å². The molecule has 0 aliphatic carbocycles.